The number of likely N-dealkylation sites (N-methyl/N-ethyl adjacent to an activating group) is 1. The van der Waals surface area contributed by atoms with Gasteiger partial charge in [-0.2, -0.15) is 0 Å². The number of amides is 1. The fraction of sp³-hybridized carbons (Fsp3) is 0.650. The number of hydrogen-bond donors (Lipinski definition) is 1. The second-order valence-electron chi connectivity index (χ2n) is 7.38. The van der Waals surface area contributed by atoms with Crippen LogP contribution < -0.4 is 0 Å². The lowest BCUT2D eigenvalue weighted by Gasteiger charge is -2.38. The molecule has 2 fully saturated rings. The van der Waals surface area contributed by atoms with Gasteiger partial charge in [0.25, 0.3) is 5.91 Å². The number of ether oxygens (including phenoxy) is 1. The van der Waals surface area contributed by atoms with Crippen molar-refractivity contribution in [1.29, 1.82) is 0 Å². The molecule has 5 nitrogen and oxygen atoms in total. The summed E-state index contributed by atoms with van der Waals surface area (Å²) in [7, 11) is 2.11. The molecule has 1 amide bonds. The van der Waals surface area contributed by atoms with Gasteiger partial charge in [-0.15, -0.1) is 0 Å². The van der Waals surface area contributed by atoms with Crippen molar-refractivity contribution in [3.8, 4) is 0 Å². The number of likely N-dealkylation sites (tertiary alicyclic amines) is 1. The normalized spacial score (nSPS) is 25.8. The molecule has 1 aromatic carbocycles. The molecule has 0 unspecified atom stereocenters. The summed E-state index contributed by atoms with van der Waals surface area (Å²) in [5.41, 5.74) is 1.84. The Labute approximate surface area is 150 Å². The lowest BCUT2D eigenvalue weighted by Crippen LogP contribution is -2.48. The van der Waals surface area contributed by atoms with E-state index in [0.29, 0.717) is 25.6 Å². The Bertz CT molecular complexity index is 586. The summed E-state index contributed by atoms with van der Waals surface area (Å²) in [4.78, 5) is 17.0. The van der Waals surface area contributed by atoms with Gasteiger partial charge < -0.3 is 14.7 Å². The first kappa shape index (κ1) is 18.4. The number of hydrogen-bond acceptors (Lipinski definition) is 4. The zero-order chi connectivity index (χ0) is 17.8. The second-order valence-corrected chi connectivity index (χ2v) is 7.38. The highest BCUT2D eigenvalue weighted by Crippen LogP contribution is 2.23. The molecular formula is C20H30N2O3. The van der Waals surface area contributed by atoms with Crippen molar-refractivity contribution in [2.75, 3.05) is 33.4 Å². The fourth-order valence-corrected chi connectivity index (χ4v) is 4.07. The third-order valence-corrected chi connectivity index (χ3v) is 5.68. The summed E-state index contributed by atoms with van der Waals surface area (Å²) in [6, 6.07) is 8.32. The summed E-state index contributed by atoms with van der Waals surface area (Å²) in [5.74, 6) is 0.0743. The molecule has 3 rings (SSSR count). The molecule has 0 radical (unpaired) electrons. The van der Waals surface area contributed by atoms with E-state index in [-0.39, 0.29) is 18.1 Å². The van der Waals surface area contributed by atoms with E-state index >= 15 is 0 Å². The first-order chi connectivity index (χ1) is 12.1. The minimum absolute atomic E-state index is 0.0743. The van der Waals surface area contributed by atoms with Crippen LogP contribution in [-0.4, -0.2) is 72.4 Å². The molecule has 0 aromatic heterocycles. The summed E-state index contributed by atoms with van der Waals surface area (Å²) in [6.07, 6.45) is 3.10. The predicted molar refractivity (Wildman–Crippen MR) is 97.7 cm³/mol. The van der Waals surface area contributed by atoms with Crippen molar-refractivity contribution < 1.29 is 14.6 Å². The second kappa shape index (κ2) is 8.30. The molecular weight excluding hydrogens is 316 g/mol. The summed E-state index contributed by atoms with van der Waals surface area (Å²) < 4.78 is 5.45. The number of carbonyl (C=O) groups is 1. The van der Waals surface area contributed by atoms with Crippen LogP contribution in [0.2, 0.25) is 0 Å². The van der Waals surface area contributed by atoms with E-state index in [4.69, 9.17) is 4.74 Å². The maximum atomic E-state index is 12.8. The smallest absolute Gasteiger partial charge is 0.253 e. The highest BCUT2D eigenvalue weighted by molar-refractivity contribution is 5.94. The van der Waals surface area contributed by atoms with Crippen molar-refractivity contribution in [3.05, 3.63) is 35.4 Å². The lowest BCUT2D eigenvalue weighted by molar-refractivity contribution is -0.00758. The molecule has 0 spiro atoms. The highest BCUT2D eigenvalue weighted by Gasteiger charge is 2.33. The van der Waals surface area contributed by atoms with Gasteiger partial charge in [0, 0.05) is 44.0 Å². The Morgan fingerprint density at radius 1 is 1.20 bits per heavy atom. The van der Waals surface area contributed by atoms with Crippen LogP contribution in [0.15, 0.2) is 24.3 Å². The van der Waals surface area contributed by atoms with E-state index < -0.39 is 0 Å². The number of rotatable bonds is 3. The van der Waals surface area contributed by atoms with E-state index in [1.54, 1.807) is 0 Å². The van der Waals surface area contributed by atoms with Gasteiger partial charge in [-0.05, 0) is 51.8 Å². The number of carbonyl (C=O) groups excluding carboxylic acids is 1. The van der Waals surface area contributed by atoms with Crippen LogP contribution >= 0.6 is 0 Å². The molecule has 1 N–H and O–H groups in total. The summed E-state index contributed by atoms with van der Waals surface area (Å²) in [5, 5.41) is 10.7. The predicted octanol–water partition coefficient (Wildman–Crippen LogP) is 2.07. The molecule has 1 aromatic rings. The Morgan fingerprint density at radius 3 is 2.64 bits per heavy atom. The van der Waals surface area contributed by atoms with Crippen molar-refractivity contribution in [2.45, 2.75) is 50.8 Å². The van der Waals surface area contributed by atoms with Crippen molar-refractivity contribution >= 4 is 5.91 Å². The number of benzene rings is 1. The van der Waals surface area contributed by atoms with Crippen LogP contribution in [0.4, 0.5) is 0 Å². The third kappa shape index (κ3) is 4.40. The molecule has 138 valence electrons. The number of aliphatic hydroxyl groups is 1. The Balaban J connectivity index is 1.65. The van der Waals surface area contributed by atoms with E-state index in [1.807, 2.05) is 36.1 Å². The largest absolute Gasteiger partial charge is 0.391 e. The topological polar surface area (TPSA) is 53.0 Å². The Kier molecular flexibility index (Phi) is 6.10. The van der Waals surface area contributed by atoms with Crippen LogP contribution in [0.5, 0.6) is 0 Å². The highest BCUT2D eigenvalue weighted by atomic mass is 16.5. The van der Waals surface area contributed by atoms with Gasteiger partial charge >= 0.3 is 0 Å². The quantitative estimate of drug-likeness (QED) is 0.910. The maximum Gasteiger partial charge on any atom is 0.253 e. The lowest BCUT2D eigenvalue weighted by atomic mass is 9.99. The average Bonchev–Trinajstić information content (AvgIpc) is 2.83. The van der Waals surface area contributed by atoms with Gasteiger partial charge in [0.1, 0.15) is 0 Å². The van der Waals surface area contributed by atoms with Crippen molar-refractivity contribution in [2.24, 2.45) is 0 Å². The zero-order valence-corrected chi connectivity index (χ0v) is 15.4. The van der Waals surface area contributed by atoms with Gasteiger partial charge in [0.15, 0.2) is 0 Å². The first-order valence-electron chi connectivity index (χ1n) is 9.40. The third-order valence-electron chi connectivity index (χ3n) is 5.68. The van der Waals surface area contributed by atoms with Crippen LogP contribution in [-0.2, 0) is 4.74 Å². The molecule has 2 saturated heterocycles. The Hall–Kier alpha value is -1.43. The number of nitrogens with zero attached hydrogens (tertiary/aromatic N) is 2. The summed E-state index contributed by atoms with van der Waals surface area (Å²) >= 11 is 0. The molecule has 2 aliphatic rings. The van der Waals surface area contributed by atoms with E-state index in [0.717, 1.165) is 43.6 Å². The Morgan fingerprint density at radius 2 is 1.92 bits per heavy atom. The molecule has 5 heteroatoms. The maximum absolute atomic E-state index is 12.8. The first-order valence-corrected chi connectivity index (χ1v) is 9.40. The number of aryl methyl sites for hydroxylation is 1. The molecule has 2 atom stereocenters. The van der Waals surface area contributed by atoms with Crippen LogP contribution in [0.1, 0.15) is 41.6 Å². The monoisotopic (exact) mass is 346 g/mol. The molecule has 2 aliphatic heterocycles. The van der Waals surface area contributed by atoms with Gasteiger partial charge in [0.05, 0.1) is 6.10 Å². The van der Waals surface area contributed by atoms with Gasteiger partial charge in [-0.25, -0.2) is 0 Å². The fourth-order valence-electron chi connectivity index (χ4n) is 4.07. The van der Waals surface area contributed by atoms with Crippen LogP contribution in [0.3, 0.4) is 0 Å². The van der Waals surface area contributed by atoms with E-state index in [2.05, 4.69) is 11.9 Å². The van der Waals surface area contributed by atoms with Crippen LogP contribution in [0, 0.1) is 6.92 Å². The molecule has 2 heterocycles. The van der Waals surface area contributed by atoms with Crippen molar-refractivity contribution in [1.82, 2.24) is 9.80 Å². The molecule has 0 aliphatic carbocycles. The van der Waals surface area contributed by atoms with Gasteiger partial charge in [-0.3, -0.25) is 9.69 Å². The van der Waals surface area contributed by atoms with E-state index in [1.165, 1.54) is 0 Å². The minimum Gasteiger partial charge on any atom is -0.391 e. The van der Waals surface area contributed by atoms with Gasteiger partial charge in [0.2, 0.25) is 0 Å². The summed E-state index contributed by atoms with van der Waals surface area (Å²) in [6.45, 7) is 4.92. The molecule has 0 saturated carbocycles. The standard InChI is InChI=1S/C20H30N2O3/c1-15-4-3-5-16(14-15)20(24)22-10-6-18(19(23)7-11-22)21(2)17-8-12-25-13-9-17/h3-5,14,17-19,23H,6-13H2,1-2H3/t18-,19-/m0/s1. The zero-order valence-electron chi connectivity index (χ0n) is 15.4. The van der Waals surface area contributed by atoms with Gasteiger partial charge in [-0.1, -0.05) is 17.7 Å². The molecule has 0 bridgehead atoms. The number of aliphatic hydroxyl groups excluding tert-OH is 1. The van der Waals surface area contributed by atoms with Crippen molar-refractivity contribution in [3.63, 3.8) is 0 Å². The minimum atomic E-state index is -0.386. The van der Waals surface area contributed by atoms with Crippen LogP contribution in [0.25, 0.3) is 0 Å². The average molecular weight is 346 g/mol. The van der Waals surface area contributed by atoms with E-state index in [9.17, 15) is 9.90 Å². The SMILES string of the molecule is Cc1cccc(C(=O)N2CC[C@H](O)[C@@H](N(C)C3CCOCC3)CC2)c1. The molecule has 25 heavy (non-hydrogen) atoms.